The number of halogens is 1. The standard InChI is InChI=1S/C14H20ClN/c1-4-6-14(16-9-5-2)12-7-8-13(15)11(3)10-12/h4,7-8,10,14,16H,1,5-6,9H2,2-3H3. The lowest BCUT2D eigenvalue weighted by atomic mass is 10.0. The molecule has 0 spiro atoms. The van der Waals surface area contributed by atoms with E-state index in [-0.39, 0.29) is 0 Å². The van der Waals surface area contributed by atoms with Gasteiger partial charge in [-0.3, -0.25) is 0 Å². The summed E-state index contributed by atoms with van der Waals surface area (Å²) in [6.07, 6.45) is 4.04. The molecule has 0 fully saturated rings. The predicted octanol–water partition coefficient (Wildman–Crippen LogP) is 4.27. The van der Waals surface area contributed by atoms with Gasteiger partial charge in [0, 0.05) is 11.1 Å². The van der Waals surface area contributed by atoms with Crippen molar-refractivity contribution in [2.45, 2.75) is 32.7 Å². The summed E-state index contributed by atoms with van der Waals surface area (Å²) in [6.45, 7) is 9.05. The molecule has 0 saturated carbocycles. The highest BCUT2D eigenvalue weighted by Gasteiger charge is 2.09. The molecule has 0 radical (unpaired) electrons. The van der Waals surface area contributed by atoms with E-state index in [0.717, 1.165) is 30.0 Å². The van der Waals surface area contributed by atoms with Crippen LogP contribution in [-0.2, 0) is 0 Å². The van der Waals surface area contributed by atoms with Gasteiger partial charge < -0.3 is 5.32 Å². The lowest BCUT2D eigenvalue weighted by Gasteiger charge is -2.18. The van der Waals surface area contributed by atoms with Crippen molar-refractivity contribution in [3.05, 3.63) is 47.0 Å². The maximum atomic E-state index is 6.03. The summed E-state index contributed by atoms with van der Waals surface area (Å²) in [6, 6.07) is 6.56. The molecule has 2 heteroatoms. The molecule has 0 aliphatic carbocycles. The van der Waals surface area contributed by atoms with E-state index < -0.39 is 0 Å². The molecule has 0 saturated heterocycles. The van der Waals surface area contributed by atoms with Gasteiger partial charge in [-0.15, -0.1) is 6.58 Å². The number of nitrogens with one attached hydrogen (secondary N) is 1. The van der Waals surface area contributed by atoms with Crippen LogP contribution in [0.4, 0.5) is 0 Å². The van der Waals surface area contributed by atoms with Gasteiger partial charge >= 0.3 is 0 Å². The third kappa shape index (κ3) is 3.66. The second-order valence-electron chi connectivity index (χ2n) is 4.04. The number of hydrogen-bond acceptors (Lipinski definition) is 1. The van der Waals surface area contributed by atoms with E-state index >= 15 is 0 Å². The van der Waals surface area contributed by atoms with Crippen molar-refractivity contribution in [1.82, 2.24) is 5.32 Å². The Morgan fingerprint density at radius 3 is 2.81 bits per heavy atom. The molecule has 1 rings (SSSR count). The Kier molecular flexibility index (Phi) is 5.58. The van der Waals surface area contributed by atoms with Crippen molar-refractivity contribution in [3.8, 4) is 0 Å². The highest BCUT2D eigenvalue weighted by atomic mass is 35.5. The quantitative estimate of drug-likeness (QED) is 0.729. The van der Waals surface area contributed by atoms with Gasteiger partial charge in [0.1, 0.15) is 0 Å². The molecule has 1 N–H and O–H groups in total. The number of benzene rings is 1. The average Bonchev–Trinajstić information content (AvgIpc) is 2.28. The van der Waals surface area contributed by atoms with Crippen molar-refractivity contribution < 1.29 is 0 Å². The minimum Gasteiger partial charge on any atom is -0.310 e. The normalized spacial score (nSPS) is 12.4. The highest BCUT2D eigenvalue weighted by Crippen LogP contribution is 2.23. The summed E-state index contributed by atoms with van der Waals surface area (Å²) in [5.74, 6) is 0. The first-order valence-corrected chi connectivity index (χ1v) is 6.17. The van der Waals surface area contributed by atoms with Crippen molar-refractivity contribution in [2.24, 2.45) is 0 Å². The molecule has 1 unspecified atom stereocenters. The molecule has 0 aromatic heterocycles. The monoisotopic (exact) mass is 237 g/mol. The minimum atomic E-state index is 0.355. The third-order valence-electron chi connectivity index (χ3n) is 2.63. The Labute approximate surface area is 104 Å². The second kappa shape index (κ2) is 6.72. The van der Waals surface area contributed by atoms with Crippen LogP contribution in [0.3, 0.4) is 0 Å². The highest BCUT2D eigenvalue weighted by molar-refractivity contribution is 6.31. The molecule has 1 atom stereocenters. The van der Waals surface area contributed by atoms with Crippen LogP contribution in [0.1, 0.15) is 36.9 Å². The fraction of sp³-hybridized carbons (Fsp3) is 0.429. The van der Waals surface area contributed by atoms with Crippen LogP contribution in [0, 0.1) is 6.92 Å². The van der Waals surface area contributed by atoms with E-state index in [0.29, 0.717) is 6.04 Å². The van der Waals surface area contributed by atoms with E-state index in [1.165, 1.54) is 5.56 Å². The van der Waals surface area contributed by atoms with Crippen LogP contribution in [0.25, 0.3) is 0 Å². The van der Waals surface area contributed by atoms with Crippen LogP contribution in [0.5, 0.6) is 0 Å². The second-order valence-corrected chi connectivity index (χ2v) is 4.45. The van der Waals surface area contributed by atoms with Gasteiger partial charge in [-0.2, -0.15) is 0 Å². The van der Waals surface area contributed by atoms with Crippen molar-refractivity contribution in [1.29, 1.82) is 0 Å². The summed E-state index contributed by atoms with van der Waals surface area (Å²) in [5.41, 5.74) is 2.42. The lowest BCUT2D eigenvalue weighted by Crippen LogP contribution is -2.21. The molecular weight excluding hydrogens is 218 g/mol. The first kappa shape index (κ1) is 13.3. The molecular formula is C14H20ClN. The topological polar surface area (TPSA) is 12.0 Å². The predicted molar refractivity (Wildman–Crippen MR) is 72.0 cm³/mol. The maximum absolute atomic E-state index is 6.03. The summed E-state index contributed by atoms with van der Waals surface area (Å²) >= 11 is 6.03. The first-order valence-electron chi connectivity index (χ1n) is 5.79. The van der Waals surface area contributed by atoms with E-state index in [4.69, 9.17) is 11.6 Å². The number of hydrogen-bond donors (Lipinski definition) is 1. The zero-order valence-corrected chi connectivity index (χ0v) is 10.8. The summed E-state index contributed by atoms with van der Waals surface area (Å²) < 4.78 is 0. The van der Waals surface area contributed by atoms with Gasteiger partial charge in [0.2, 0.25) is 0 Å². The number of aryl methyl sites for hydroxylation is 1. The van der Waals surface area contributed by atoms with Crippen molar-refractivity contribution in [2.75, 3.05) is 6.54 Å². The Bertz CT molecular complexity index is 347. The van der Waals surface area contributed by atoms with E-state index in [2.05, 4.69) is 31.0 Å². The smallest absolute Gasteiger partial charge is 0.0435 e. The van der Waals surface area contributed by atoms with Crippen molar-refractivity contribution in [3.63, 3.8) is 0 Å². The van der Waals surface area contributed by atoms with E-state index in [1.807, 2.05) is 19.1 Å². The van der Waals surface area contributed by atoms with Crippen LogP contribution in [0.2, 0.25) is 5.02 Å². The first-order chi connectivity index (χ1) is 7.69. The third-order valence-corrected chi connectivity index (χ3v) is 3.05. The number of rotatable bonds is 6. The van der Waals surface area contributed by atoms with Gasteiger partial charge in [-0.1, -0.05) is 36.7 Å². The fourth-order valence-corrected chi connectivity index (χ4v) is 1.82. The summed E-state index contributed by atoms with van der Waals surface area (Å²) in [7, 11) is 0. The van der Waals surface area contributed by atoms with E-state index in [1.54, 1.807) is 0 Å². The molecule has 1 aromatic rings. The largest absolute Gasteiger partial charge is 0.310 e. The molecule has 1 nitrogen and oxygen atoms in total. The zero-order valence-electron chi connectivity index (χ0n) is 10.1. The van der Waals surface area contributed by atoms with Crippen LogP contribution >= 0.6 is 11.6 Å². The summed E-state index contributed by atoms with van der Waals surface area (Å²) in [4.78, 5) is 0. The Morgan fingerprint density at radius 1 is 1.50 bits per heavy atom. The molecule has 0 amide bonds. The van der Waals surface area contributed by atoms with Crippen molar-refractivity contribution >= 4 is 11.6 Å². The molecule has 0 heterocycles. The molecule has 88 valence electrons. The average molecular weight is 238 g/mol. The lowest BCUT2D eigenvalue weighted by molar-refractivity contribution is 0.537. The summed E-state index contributed by atoms with van der Waals surface area (Å²) in [5, 5.41) is 4.35. The molecule has 0 bridgehead atoms. The van der Waals surface area contributed by atoms with Gasteiger partial charge in [0.25, 0.3) is 0 Å². The van der Waals surface area contributed by atoms with Crippen LogP contribution < -0.4 is 5.32 Å². The molecule has 16 heavy (non-hydrogen) atoms. The SMILES string of the molecule is C=CCC(NCCC)c1ccc(Cl)c(C)c1. The molecule has 1 aromatic carbocycles. The van der Waals surface area contributed by atoms with Crippen LogP contribution in [-0.4, -0.2) is 6.54 Å². The van der Waals surface area contributed by atoms with Gasteiger partial charge in [0.05, 0.1) is 0 Å². The fourth-order valence-electron chi connectivity index (χ4n) is 1.71. The minimum absolute atomic E-state index is 0.355. The Hall–Kier alpha value is -0.790. The molecule has 0 aliphatic rings. The van der Waals surface area contributed by atoms with Crippen LogP contribution in [0.15, 0.2) is 30.9 Å². The zero-order chi connectivity index (χ0) is 12.0. The van der Waals surface area contributed by atoms with Gasteiger partial charge in [-0.25, -0.2) is 0 Å². The molecule has 0 aliphatic heterocycles. The van der Waals surface area contributed by atoms with Gasteiger partial charge in [-0.05, 0) is 43.5 Å². The Morgan fingerprint density at radius 2 is 2.25 bits per heavy atom. The van der Waals surface area contributed by atoms with Gasteiger partial charge in [0.15, 0.2) is 0 Å². The Balaban J connectivity index is 2.82. The van der Waals surface area contributed by atoms with E-state index in [9.17, 15) is 0 Å². The maximum Gasteiger partial charge on any atom is 0.0435 e.